The second kappa shape index (κ2) is 5.46. The summed E-state index contributed by atoms with van der Waals surface area (Å²) >= 11 is 5.73. The van der Waals surface area contributed by atoms with Crippen LogP contribution in [0, 0.1) is 6.92 Å². The number of rotatable bonds is 4. The van der Waals surface area contributed by atoms with Gasteiger partial charge in [-0.05, 0) is 31.0 Å². The van der Waals surface area contributed by atoms with E-state index in [0.29, 0.717) is 11.7 Å². The molecule has 3 aromatic rings. The molecule has 0 aliphatic heterocycles. The second-order valence-electron chi connectivity index (χ2n) is 4.52. The second-order valence-corrected chi connectivity index (χ2v) is 4.89. The van der Waals surface area contributed by atoms with Crippen LogP contribution in [0.4, 0.5) is 11.5 Å². The minimum Gasteiger partial charge on any atom is -0.340 e. The predicted octanol–water partition coefficient (Wildman–Crippen LogP) is 2.96. The number of fused-ring (bicyclic) bond motifs is 1. The van der Waals surface area contributed by atoms with Crippen molar-refractivity contribution < 1.29 is 0 Å². The summed E-state index contributed by atoms with van der Waals surface area (Å²) in [6.07, 6.45) is 2.38. The number of hydrogen-bond acceptors (Lipinski definition) is 4. The summed E-state index contributed by atoms with van der Waals surface area (Å²) in [7, 11) is 0. The molecule has 0 amide bonds. The normalized spacial score (nSPS) is 10.9. The van der Waals surface area contributed by atoms with Crippen LogP contribution in [0.5, 0.6) is 0 Å². The van der Waals surface area contributed by atoms with Crippen molar-refractivity contribution in [1.82, 2.24) is 19.6 Å². The predicted molar refractivity (Wildman–Crippen MR) is 79.7 cm³/mol. The smallest absolute Gasteiger partial charge is 0.254 e. The molecule has 5 nitrogen and oxygen atoms in total. The molecular formula is C14H14ClN5. The number of hydrogen-bond donors (Lipinski definition) is 1. The molecule has 0 atom stereocenters. The molecule has 0 aliphatic carbocycles. The Kier molecular flexibility index (Phi) is 3.52. The summed E-state index contributed by atoms with van der Waals surface area (Å²) in [5.74, 6) is 2.07. The summed E-state index contributed by atoms with van der Waals surface area (Å²) in [5, 5.41) is 7.50. The molecule has 20 heavy (non-hydrogen) atoms. The van der Waals surface area contributed by atoms with Crippen molar-refractivity contribution in [2.45, 2.75) is 13.3 Å². The van der Waals surface area contributed by atoms with Crippen LogP contribution >= 0.6 is 11.6 Å². The first-order chi connectivity index (χ1) is 9.76. The molecule has 0 saturated heterocycles. The molecular weight excluding hydrogens is 274 g/mol. The van der Waals surface area contributed by atoms with Gasteiger partial charge in [0.25, 0.3) is 5.78 Å². The van der Waals surface area contributed by atoms with Crippen LogP contribution in [0.15, 0.2) is 36.7 Å². The van der Waals surface area contributed by atoms with E-state index < -0.39 is 0 Å². The minimum absolute atomic E-state index is 0.589. The van der Waals surface area contributed by atoms with Crippen molar-refractivity contribution >= 4 is 28.9 Å². The molecule has 0 spiro atoms. The van der Waals surface area contributed by atoms with Crippen molar-refractivity contribution in [2.24, 2.45) is 0 Å². The largest absolute Gasteiger partial charge is 0.340 e. The van der Waals surface area contributed by atoms with Gasteiger partial charge in [0.1, 0.15) is 12.1 Å². The lowest BCUT2D eigenvalue weighted by atomic mass is 10.1. The van der Waals surface area contributed by atoms with Crippen molar-refractivity contribution in [3.63, 3.8) is 0 Å². The number of aryl methyl sites for hydroxylation is 2. The quantitative estimate of drug-likeness (QED) is 0.750. The van der Waals surface area contributed by atoms with E-state index in [2.05, 4.69) is 32.5 Å². The van der Waals surface area contributed by atoms with Gasteiger partial charge < -0.3 is 5.32 Å². The molecule has 2 heterocycles. The van der Waals surface area contributed by atoms with Crippen molar-refractivity contribution in [2.75, 3.05) is 11.2 Å². The van der Waals surface area contributed by atoms with Gasteiger partial charge in [0.15, 0.2) is 0 Å². The van der Waals surface area contributed by atoms with Gasteiger partial charge in [-0.3, -0.25) is 0 Å². The zero-order valence-electron chi connectivity index (χ0n) is 11.0. The summed E-state index contributed by atoms with van der Waals surface area (Å²) in [6.45, 7) is 1.93. The highest BCUT2D eigenvalue weighted by Crippen LogP contribution is 2.18. The van der Waals surface area contributed by atoms with E-state index in [1.165, 1.54) is 11.9 Å². The Morgan fingerprint density at radius 2 is 2.05 bits per heavy atom. The van der Waals surface area contributed by atoms with Crippen LogP contribution in [0.3, 0.4) is 0 Å². The van der Waals surface area contributed by atoms with Gasteiger partial charge in [0.2, 0.25) is 0 Å². The van der Waals surface area contributed by atoms with Crippen molar-refractivity contribution in [3.8, 4) is 0 Å². The number of halogens is 1. The number of benzene rings is 1. The van der Waals surface area contributed by atoms with Gasteiger partial charge >= 0.3 is 0 Å². The maximum Gasteiger partial charge on any atom is 0.254 e. The van der Waals surface area contributed by atoms with Gasteiger partial charge in [-0.1, -0.05) is 12.1 Å². The van der Waals surface area contributed by atoms with Gasteiger partial charge in [-0.2, -0.15) is 14.6 Å². The number of alkyl halides is 1. The SMILES string of the molecule is Cc1cc(Nc2ccc(CCCl)cc2)n2ncnc2n1. The number of anilines is 2. The van der Waals surface area contributed by atoms with Crippen LogP contribution in [-0.4, -0.2) is 25.5 Å². The Hall–Kier alpha value is -2.14. The summed E-state index contributed by atoms with van der Waals surface area (Å²) in [4.78, 5) is 8.42. The first-order valence-electron chi connectivity index (χ1n) is 6.35. The Balaban J connectivity index is 1.90. The lowest BCUT2D eigenvalue weighted by molar-refractivity contribution is 0.937. The Morgan fingerprint density at radius 3 is 2.80 bits per heavy atom. The lowest BCUT2D eigenvalue weighted by Crippen LogP contribution is -2.02. The van der Waals surface area contributed by atoms with Crippen LogP contribution < -0.4 is 5.32 Å². The molecule has 3 rings (SSSR count). The third-order valence-electron chi connectivity index (χ3n) is 2.99. The van der Waals surface area contributed by atoms with Crippen LogP contribution in [0.25, 0.3) is 5.78 Å². The summed E-state index contributed by atoms with van der Waals surface area (Å²) in [5.41, 5.74) is 3.11. The van der Waals surface area contributed by atoms with Crippen LogP contribution in [0.2, 0.25) is 0 Å². The van der Waals surface area contributed by atoms with Crippen LogP contribution in [-0.2, 0) is 6.42 Å². The van der Waals surface area contributed by atoms with Gasteiger partial charge in [-0.15, -0.1) is 11.6 Å². The zero-order valence-corrected chi connectivity index (χ0v) is 11.8. The third kappa shape index (κ3) is 2.58. The molecule has 2 aromatic heterocycles. The standard InChI is InChI=1S/C14H14ClN5/c1-10-8-13(20-14(18-10)16-9-17-20)19-12-4-2-11(3-5-12)6-7-15/h2-5,8-9,19H,6-7H2,1H3. The fraction of sp³-hybridized carbons (Fsp3) is 0.214. The maximum absolute atomic E-state index is 5.73. The highest BCUT2D eigenvalue weighted by molar-refractivity contribution is 6.17. The molecule has 1 aromatic carbocycles. The molecule has 6 heteroatoms. The van der Waals surface area contributed by atoms with E-state index in [1.54, 1.807) is 4.52 Å². The molecule has 0 fully saturated rings. The maximum atomic E-state index is 5.73. The number of nitrogens with one attached hydrogen (secondary N) is 1. The molecule has 102 valence electrons. The van der Waals surface area contributed by atoms with Gasteiger partial charge in [0, 0.05) is 23.3 Å². The molecule has 0 radical (unpaired) electrons. The topological polar surface area (TPSA) is 55.1 Å². The van der Waals surface area contributed by atoms with E-state index in [4.69, 9.17) is 11.6 Å². The molecule has 0 unspecified atom stereocenters. The Labute approximate surface area is 121 Å². The monoisotopic (exact) mass is 287 g/mol. The van der Waals surface area contributed by atoms with Crippen LogP contribution in [0.1, 0.15) is 11.3 Å². The van der Waals surface area contributed by atoms with Crippen molar-refractivity contribution in [1.29, 1.82) is 0 Å². The van der Waals surface area contributed by atoms with E-state index in [0.717, 1.165) is 23.6 Å². The number of aromatic nitrogens is 4. The summed E-state index contributed by atoms with van der Waals surface area (Å²) < 4.78 is 1.68. The zero-order chi connectivity index (χ0) is 13.9. The van der Waals surface area contributed by atoms with E-state index in [1.807, 2.05) is 25.1 Å². The fourth-order valence-electron chi connectivity index (χ4n) is 2.03. The molecule has 0 saturated carbocycles. The highest BCUT2D eigenvalue weighted by Gasteiger charge is 2.05. The first-order valence-corrected chi connectivity index (χ1v) is 6.89. The Morgan fingerprint density at radius 1 is 1.25 bits per heavy atom. The van der Waals surface area contributed by atoms with E-state index in [-0.39, 0.29) is 0 Å². The average Bonchev–Trinajstić information content (AvgIpc) is 2.89. The van der Waals surface area contributed by atoms with E-state index >= 15 is 0 Å². The molecule has 0 aliphatic rings. The molecule has 1 N–H and O–H groups in total. The minimum atomic E-state index is 0.589. The molecule has 0 bridgehead atoms. The average molecular weight is 288 g/mol. The fourth-order valence-corrected chi connectivity index (χ4v) is 2.25. The third-order valence-corrected chi connectivity index (χ3v) is 3.18. The highest BCUT2D eigenvalue weighted by atomic mass is 35.5. The summed E-state index contributed by atoms with van der Waals surface area (Å²) in [6, 6.07) is 10.1. The van der Waals surface area contributed by atoms with Gasteiger partial charge in [0.05, 0.1) is 0 Å². The lowest BCUT2D eigenvalue weighted by Gasteiger charge is -2.09. The first kappa shape index (κ1) is 12.9. The van der Waals surface area contributed by atoms with E-state index in [9.17, 15) is 0 Å². The number of nitrogens with zero attached hydrogens (tertiary/aromatic N) is 4. The Bertz CT molecular complexity index is 720. The van der Waals surface area contributed by atoms with Crippen molar-refractivity contribution in [3.05, 3.63) is 47.9 Å². The van der Waals surface area contributed by atoms with Gasteiger partial charge in [-0.25, -0.2) is 4.98 Å².